The van der Waals surface area contributed by atoms with E-state index in [9.17, 15) is 9.90 Å². The number of halogens is 3. The Hall–Kier alpha value is 0.300. The number of alkyl halides is 3. The maximum absolute atomic E-state index is 10.4. The van der Waals surface area contributed by atoms with E-state index in [1.165, 1.54) is 0 Å². The zero-order valence-corrected chi connectivity index (χ0v) is 10.9. The molecule has 0 amide bonds. The van der Waals surface area contributed by atoms with Crippen LogP contribution in [0.1, 0.15) is 33.1 Å². The summed E-state index contributed by atoms with van der Waals surface area (Å²) in [5.41, 5.74) is -0.581. The van der Waals surface area contributed by atoms with Gasteiger partial charge in [-0.1, -0.05) is 48.7 Å². The second kappa shape index (κ2) is 5.58. The molecule has 0 saturated heterocycles. The van der Waals surface area contributed by atoms with Crippen molar-refractivity contribution in [1.82, 2.24) is 0 Å². The fourth-order valence-corrected chi connectivity index (χ4v) is 1.53. The summed E-state index contributed by atoms with van der Waals surface area (Å²) < 4.78 is -1.51. The van der Waals surface area contributed by atoms with Crippen LogP contribution in [0.4, 0.5) is 0 Å². The van der Waals surface area contributed by atoms with E-state index in [0.29, 0.717) is 6.42 Å². The summed E-state index contributed by atoms with van der Waals surface area (Å²) in [4.78, 5) is 10.4. The van der Waals surface area contributed by atoms with Crippen molar-refractivity contribution in [2.75, 3.05) is 0 Å². The Morgan fingerprint density at radius 3 is 2.13 bits per heavy atom. The van der Waals surface area contributed by atoms with E-state index in [-0.39, 0.29) is 12.8 Å². The monoisotopic (exact) mass is 276 g/mol. The highest BCUT2D eigenvalue weighted by Crippen LogP contribution is 2.38. The summed E-state index contributed by atoms with van der Waals surface area (Å²) in [6.45, 7) is 3.49. The van der Waals surface area contributed by atoms with E-state index < -0.39 is 21.3 Å². The van der Waals surface area contributed by atoms with Crippen molar-refractivity contribution in [3.8, 4) is 0 Å². The summed E-state index contributed by atoms with van der Waals surface area (Å²) in [5.74, 6) is -0.899. The van der Waals surface area contributed by atoms with E-state index in [1.54, 1.807) is 13.8 Å². The predicted molar refractivity (Wildman–Crippen MR) is 61.6 cm³/mol. The minimum absolute atomic E-state index is 0.00964. The van der Waals surface area contributed by atoms with Gasteiger partial charge in [0.1, 0.15) is 0 Å². The molecule has 0 fully saturated rings. The molecule has 1 unspecified atom stereocenters. The smallest absolute Gasteiger partial charge is 0.303 e. The quantitative estimate of drug-likeness (QED) is 0.760. The normalized spacial score (nSPS) is 15.1. The molecule has 0 aliphatic rings. The molecule has 0 aromatic heterocycles. The Morgan fingerprint density at radius 2 is 1.80 bits per heavy atom. The van der Waals surface area contributed by atoms with Gasteiger partial charge in [-0.05, 0) is 11.8 Å². The van der Waals surface area contributed by atoms with Gasteiger partial charge in [0.15, 0.2) is 3.79 Å². The van der Waals surface area contributed by atoms with Crippen molar-refractivity contribution in [2.45, 2.75) is 43.0 Å². The topological polar surface area (TPSA) is 57.5 Å². The second-order valence-electron chi connectivity index (χ2n) is 4.22. The first-order valence-electron chi connectivity index (χ1n) is 4.51. The maximum Gasteiger partial charge on any atom is 0.303 e. The average molecular weight is 278 g/mol. The average Bonchev–Trinajstić information content (AvgIpc) is 1.97. The van der Waals surface area contributed by atoms with E-state index in [4.69, 9.17) is 39.9 Å². The molecule has 3 nitrogen and oxygen atoms in total. The fraction of sp³-hybridized carbons (Fsp3) is 0.889. The first-order chi connectivity index (χ1) is 6.54. The van der Waals surface area contributed by atoms with Gasteiger partial charge in [-0.2, -0.15) is 0 Å². The fourth-order valence-electron chi connectivity index (χ4n) is 1.09. The van der Waals surface area contributed by atoms with Gasteiger partial charge in [-0.15, -0.1) is 0 Å². The standard InChI is InChI=1S/C9H15Cl3O3/c1-8(2,4-3-7(14)15)6(13)5-9(10,11)12/h6,13H,3-5H2,1-2H3,(H,14,15). The minimum Gasteiger partial charge on any atom is -0.481 e. The van der Waals surface area contributed by atoms with Crippen LogP contribution in [0.3, 0.4) is 0 Å². The van der Waals surface area contributed by atoms with Crippen LogP contribution in [-0.2, 0) is 4.79 Å². The number of carboxylic acid groups (broad SMARTS) is 1. The van der Waals surface area contributed by atoms with Crippen molar-refractivity contribution in [3.05, 3.63) is 0 Å². The summed E-state index contributed by atoms with van der Waals surface area (Å²) in [6.07, 6.45) is -0.525. The molecule has 1 atom stereocenters. The van der Waals surface area contributed by atoms with Crippen LogP contribution >= 0.6 is 34.8 Å². The Balaban J connectivity index is 4.25. The molecule has 90 valence electrons. The lowest BCUT2D eigenvalue weighted by Crippen LogP contribution is -2.33. The lowest BCUT2D eigenvalue weighted by Gasteiger charge is -2.32. The van der Waals surface area contributed by atoms with Crippen LogP contribution in [0.25, 0.3) is 0 Å². The van der Waals surface area contributed by atoms with Gasteiger partial charge in [-0.3, -0.25) is 4.79 Å². The Morgan fingerprint density at radius 1 is 1.33 bits per heavy atom. The first-order valence-corrected chi connectivity index (χ1v) is 5.64. The van der Waals surface area contributed by atoms with Crippen molar-refractivity contribution >= 4 is 40.8 Å². The van der Waals surface area contributed by atoms with Gasteiger partial charge < -0.3 is 10.2 Å². The summed E-state index contributed by atoms with van der Waals surface area (Å²) in [6, 6.07) is 0. The third-order valence-electron chi connectivity index (χ3n) is 2.31. The van der Waals surface area contributed by atoms with E-state index in [1.807, 2.05) is 0 Å². The van der Waals surface area contributed by atoms with Crippen LogP contribution in [0.15, 0.2) is 0 Å². The van der Waals surface area contributed by atoms with Gasteiger partial charge in [0.2, 0.25) is 0 Å². The molecule has 0 aromatic carbocycles. The number of rotatable bonds is 5. The number of hydrogen-bond acceptors (Lipinski definition) is 2. The summed E-state index contributed by atoms with van der Waals surface area (Å²) in [5, 5.41) is 18.3. The van der Waals surface area contributed by atoms with Crippen LogP contribution in [0.5, 0.6) is 0 Å². The molecule has 0 saturated carbocycles. The van der Waals surface area contributed by atoms with Gasteiger partial charge in [0.25, 0.3) is 0 Å². The molecule has 0 aromatic rings. The van der Waals surface area contributed by atoms with Crippen molar-refractivity contribution in [1.29, 1.82) is 0 Å². The lowest BCUT2D eigenvalue weighted by atomic mass is 9.81. The lowest BCUT2D eigenvalue weighted by molar-refractivity contribution is -0.138. The molecule has 0 spiro atoms. The molecule has 6 heteroatoms. The number of carboxylic acids is 1. The van der Waals surface area contributed by atoms with Crippen LogP contribution < -0.4 is 0 Å². The highest BCUT2D eigenvalue weighted by atomic mass is 35.6. The minimum atomic E-state index is -1.51. The van der Waals surface area contributed by atoms with Gasteiger partial charge in [-0.25, -0.2) is 0 Å². The highest BCUT2D eigenvalue weighted by molar-refractivity contribution is 6.67. The van der Waals surface area contributed by atoms with Crippen LogP contribution in [0.2, 0.25) is 0 Å². The number of carbonyl (C=O) groups is 1. The molecule has 0 bridgehead atoms. The summed E-state index contributed by atoms with van der Waals surface area (Å²) in [7, 11) is 0. The Bertz CT molecular complexity index is 223. The molecule has 0 aliphatic carbocycles. The maximum atomic E-state index is 10.4. The van der Waals surface area contributed by atoms with E-state index in [0.717, 1.165) is 0 Å². The van der Waals surface area contributed by atoms with Crippen molar-refractivity contribution in [3.63, 3.8) is 0 Å². The van der Waals surface area contributed by atoms with Gasteiger partial charge in [0, 0.05) is 12.8 Å². The van der Waals surface area contributed by atoms with Gasteiger partial charge >= 0.3 is 5.97 Å². The zero-order chi connectivity index (χ0) is 12.3. The van der Waals surface area contributed by atoms with Gasteiger partial charge in [0.05, 0.1) is 6.10 Å². The first kappa shape index (κ1) is 15.3. The molecule has 0 rings (SSSR count). The van der Waals surface area contributed by atoms with Crippen molar-refractivity contribution < 1.29 is 15.0 Å². The van der Waals surface area contributed by atoms with Crippen LogP contribution in [-0.4, -0.2) is 26.1 Å². The van der Waals surface area contributed by atoms with Crippen LogP contribution in [0, 0.1) is 5.41 Å². The molecule has 15 heavy (non-hydrogen) atoms. The van der Waals surface area contributed by atoms with E-state index in [2.05, 4.69) is 0 Å². The number of aliphatic hydroxyl groups excluding tert-OH is 1. The molecule has 0 radical (unpaired) electrons. The molecular formula is C9H15Cl3O3. The third kappa shape index (κ3) is 7.23. The second-order valence-corrected chi connectivity index (χ2v) is 6.73. The SMILES string of the molecule is CC(C)(CCC(=O)O)C(O)CC(Cl)(Cl)Cl. The Labute approximate surface area is 104 Å². The number of aliphatic hydroxyl groups is 1. The number of hydrogen-bond donors (Lipinski definition) is 2. The summed E-state index contributed by atoms with van der Waals surface area (Å²) >= 11 is 16.7. The number of aliphatic carboxylic acids is 1. The van der Waals surface area contributed by atoms with Crippen molar-refractivity contribution in [2.24, 2.45) is 5.41 Å². The predicted octanol–water partition coefficient (Wildman–Crippen LogP) is 3.00. The largest absolute Gasteiger partial charge is 0.481 e. The van der Waals surface area contributed by atoms with E-state index >= 15 is 0 Å². The molecule has 0 aliphatic heterocycles. The Kier molecular flexibility index (Phi) is 5.69. The molecular weight excluding hydrogens is 262 g/mol. The third-order valence-corrected chi connectivity index (χ3v) is 2.77. The molecule has 0 heterocycles. The molecule has 2 N–H and O–H groups in total. The zero-order valence-electron chi connectivity index (χ0n) is 8.64. The highest BCUT2D eigenvalue weighted by Gasteiger charge is 2.34.